The van der Waals surface area contributed by atoms with Crippen molar-refractivity contribution in [1.82, 2.24) is 4.90 Å². The Bertz CT molecular complexity index is 525. The minimum atomic E-state index is -0.335. The number of benzene rings is 1. The molecule has 0 spiro atoms. The van der Waals surface area contributed by atoms with Crippen LogP contribution >= 0.6 is 0 Å². The fourth-order valence-electron chi connectivity index (χ4n) is 2.37. The van der Waals surface area contributed by atoms with E-state index in [1.54, 1.807) is 30.9 Å². The number of hydrogen-bond donors (Lipinski definition) is 0. The van der Waals surface area contributed by atoms with Gasteiger partial charge in [-0.3, -0.25) is 9.59 Å². The van der Waals surface area contributed by atoms with Crippen LogP contribution in [-0.4, -0.2) is 36.0 Å². The van der Waals surface area contributed by atoms with Crippen LogP contribution in [0.3, 0.4) is 0 Å². The van der Waals surface area contributed by atoms with Crippen molar-refractivity contribution in [3.63, 3.8) is 0 Å². The van der Waals surface area contributed by atoms with E-state index in [4.69, 9.17) is 4.74 Å². The molecule has 1 aromatic carbocycles. The topological polar surface area (TPSA) is 46.6 Å². The molecule has 1 saturated carbocycles. The fourth-order valence-corrected chi connectivity index (χ4v) is 2.37. The van der Waals surface area contributed by atoms with E-state index >= 15 is 0 Å². The molecule has 1 unspecified atom stereocenters. The summed E-state index contributed by atoms with van der Waals surface area (Å²) in [5.74, 6) is -0.947. The molecule has 0 heterocycles. The third-order valence-corrected chi connectivity index (χ3v) is 3.74. The largest absolute Gasteiger partial charge is 0.466 e. The molecule has 4 nitrogen and oxygen atoms in total. The number of ether oxygens (including phenoxy) is 1. The summed E-state index contributed by atoms with van der Waals surface area (Å²) in [7, 11) is 0. The highest BCUT2D eigenvalue weighted by Crippen LogP contribution is 2.28. The van der Waals surface area contributed by atoms with Gasteiger partial charge in [0.2, 0.25) is 5.91 Å². The Morgan fingerprint density at radius 3 is 2.50 bits per heavy atom. The number of carbonyl (C=O) groups excluding carboxylic acids is 2. The average molecular weight is 307 g/mol. The van der Waals surface area contributed by atoms with Gasteiger partial charge in [0.15, 0.2) is 0 Å². The normalized spacial score (nSPS) is 15.2. The lowest BCUT2D eigenvalue weighted by Gasteiger charge is -2.25. The van der Waals surface area contributed by atoms with Crippen LogP contribution in [0.25, 0.3) is 0 Å². The van der Waals surface area contributed by atoms with Gasteiger partial charge in [-0.1, -0.05) is 19.1 Å². The van der Waals surface area contributed by atoms with Crippen molar-refractivity contribution in [2.75, 3.05) is 13.2 Å². The van der Waals surface area contributed by atoms with Gasteiger partial charge in [0.05, 0.1) is 18.9 Å². The summed E-state index contributed by atoms with van der Waals surface area (Å²) in [5, 5.41) is 0. The molecule has 1 amide bonds. The predicted octanol–water partition coefficient (Wildman–Crippen LogP) is 2.56. The molecule has 1 aromatic rings. The van der Waals surface area contributed by atoms with E-state index in [-0.39, 0.29) is 36.1 Å². The molecular formula is C17H22FNO3. The van der Waals surface area contributed by atoms with Crippen molar-refractivity contribution < 1.29 is 18.7 Å². The molecule has 2 rings (SSSR count). The highest BCUT2D eigenvalue weighted by atomic mass is 19.1. The lowest BCUT2D eigenvalue weighted by molar-refractivity contribution is -0.148. The highest BCUT2D eigenvalue weighted by molar-refractivity contribution is 5.80. The molecule has 1 aliphatic rings. The summed E-state index contributed by atoms with van der Waals surface area (Å²) < 4.78 is 17.9. The van der Waals surface area contributed by atoms with Crippen LogP contribution < -0.4 is 0 Å². The number of hydrogen-bond acceptors (Lipinski definition) is 3. The highest BCUT2D eigenvalue weighted by Gasteiger charge is 2.34. The van der Waals surface area contributed by atoms with E-state index in [1.807, 2.05) is 0 Å². The van der Waals surface area contributed by atoms with Crippen molar-refractivity contribution in [3.05, 3.63) is 35.6 Å². The molecule has 1 aliphatic carbocycles. The Kier molecular flexibility index (Phi) is 5.52. The first-order valence-corrected chi connectivity index (χ1v) is 7.71. The van der Waals surface area contributed by atoms with Gasteiger partial charge in [0.25, 0.3) is 0 Å². The second kappa shape index (κ2) is 7.38. The SMILES string of the molecule is CCOC(=O)C(C)CN(C(=O)Cc1ccc(F)cc1)C1CC1. The molecule has 1 fully saturated rings. The maximum absolute atomic E-state index is 12.9. The molecule has 0 aromatic heterocycles. The number of halogens is 1. The van der Waals surface area contributed by atoms with E-state index in [0.29, 0.717) is 13.2 Å². The summed E-state index contributed by atoms with van der Waals surface area (Å²) in [5.41, 5.74) is 0.779. The third kappa shape index (κ3) is 4.55. The zero-order valence-corrected chi connectivity index (χ0v) is 13.0. The lowest BCUT2D eigenvalue weighted by Crippen LogP contribution is -2.39. The Morgan fingerprint density at radius 1 is 1.32 bits per heavy atom. The number of nitrogens with zero attached hydrogens (tertiary/aromatic N) is 1. The van der Waals surface area contributed by atoms with Gasteiger partial charge in [-0.15, -0.1) is 0 Å². The third-order valence-electron chi connectivity index (χ3n) is 3.74. The van der Waals surface area contributed by atoms with Gasteiger partial charge in [-0.25, -0.2) is 4.39 Å². The van der Waals surface area contributed by atoms with Gasteiger partial charge in [0.1, 0.15) is 5.82 Å². The molecule has 0 radical (unpaired) electrons. The Hall–Kier alpha value is -1.91. The molecular weight excluding hydrogens is 285 g/mol. The first kappa shape index (κ1) is 16.5. The average Bonchev–Trinajstić information content (AvgIpc) is 3.31. The van der Waals surface area contributed by atoms with Gasteiger partial charge in [0, 0.05) is 12.6 Å². The van der Waals surface area contributed by atoms with Gasteiger partial charge < -0.3 is 9.64 Å². The van der Waals surface area contributed by atoms with Crippen molar-refractivity contribution in [2.45, 2.75) is 39.2 Å². The number of carbonyl (C=O) groups is 2. The molecule has 0 aliphatic heterocycles. The van der Waals surface area contributed by atoms with E-state index < -0.39 is 0 Å². The van der Waals surface area contributed by atoms with Crippen molar-refractivity contribution in [1.29, 1.82) is 0 Å². The minimum Gasteiger partial charge on any atom is -0.466 e. The van der Waals surface area contributed by atoms with Crippen molar-refractivity contribution in [2.24, 2.45) is 5.92 Å². The molecule has 0 N–H and O–H groups in total. The van der Waals surface area contributed by atoms with Crippen LogP contribution in [0.4, 0.5) is 4.39 Å². The van der Waals surface area contributed by atoms with Crippen molar-refractivity contribution in [3.8, 4) is 0 Å². The van der Waals surface area contributed by atoms with Crippen LogP contribution in [0.2, 0.25) is 0 Å². The van der Waals surface area contributed by atoms with Crippen LogP contribution in [0.5, 0.6) is 0 Å². The van der Waals surface area contributed by atoms with Crippen LogP contribution in [-0.2, 0) is 20.7 Å². The number of rotatable bonds is 7. The monoisotopic (exact) mass is 307 g/mol. The maximum atomic E-state index is 12.9. The summed E-state index contributed by atoms with van der Waals surface area (Å²) in [6.45, 7) is 4.27. The van der Waals surface area contributed by atoms with Gasteiger partial charge >= 0.3 is 5.97 Å². The fraction of sp³-hybridized carbons (Fsp3) is 0.529. The summed E-state index contributed by atoms with van der Waals surface area (Å²) in [6, 6.07) is 6.17. The lowest BCUT2D eigenvalue weighted by atomic mass is 10.1. The van der Waals surface area contributed by atoms with Crippen LogP contribution in [0.15, 0.2) is 24.3 Å². The minimum absolute atomic E-state index is 0.0229. The van der Waals surface area contributed by atoms with Gasteiger partial charge in [-0.05, 0) is 37.5 Å². The quantitative estimate of drug-likeness (QED) is 0.727. The summed E-state index contributed by atoms with van der Waals surface area (Å²) in [6.07, 6.45) is 2.18. The second-order valence-corrected chi connectivity index (χ2v) is 5.73. The Balaban J connectivity index is 1.96. The molecule has 1 atom stereocenters. The number of esters is 1. The second-order valence-electron chi connectivity index (χ2n) is 5.73. The molecule has 22 heavy (non-hydrogen) atoms. The smallest absolute Gasteiger partial charge is 0.310 e. The zero-order valence-electron chi connectivity index (χ0n) is 13.0. The van der Waals surface area contributed by atoms with E-state index in [2.05, 4.69) is 0 Å². The maximum Gasteiger partial charge on any atom is 0.310 e. The van der Waals surface area contributed by atoms with Crippen LogP contribution in [0, 0.1) is 11.7 Å². The van der Waals surface area contributed by atoms with Crippen molar-refractivity contribution >= 4 is 11.9 Å². The van der Waals surface area contributed by atoms with Crippen LogP contribution in [0.1, 0.15) is 32.3 Å². The zero-order chi connectivity index (χ0) is 16.1. The Labute approximate surface area is 130 Å². The first-order valence-electron chi connectivity index (χ1n) is 7.71. The van der Waals surface area contributed by atoms with Gasteiger partial charge in [-0.2, -0.15) is 0 Å². The first-order chi connectivity index (χ1) is 10.5. The summed E-state index contributed by atoms with van der Waals surface area (Å²) in [4.78, 5) is 26.0. The molecule has 0 saturated heterocycles. The van der Waals surface area contributed by atoms with E-state index in [1.165, 1.54) is 12.1 Å². The Morgan fingerprint density at radius 2 is 1.95 bits per heavy atom. The predicted molar refractivity (Wildman–Crippen MR) is 80.6 cm³/mol. The molecule has 5 heteroatoms. The number of amides is 1. The molecule has 0 bridgehead atoms. The summed E-state index contributed by atoms with van der Waals surface area (Å²) >= 11 is 0. The molecule has 120 valence electrons. The van der Waals surface area contributed by atoms with E-state index in [9.17, 15) is 14.0 Å². The van der Waals surface area contributed by atoms with E-state index in [0.717, 1.165) is 18.4 Å². The standard InChI is InChI=1S/C17H22FNO3/c1-3-22-17(21)12(2)11-19(15-8-9-15)16(20)10-13-4-6-14(18)7-5-13/h4-7,12,15H,3,8-11H2,1-2H3.